The van der Waals surface area contributed by atoms with Gasteiger partial charge in [0.15, 0.2) is 0 Å². The Hall–Kier alpha value is -2.82. The number of nitrogens with zero attached hydrogens (tertiary/aromatic N) is 1. The van der Waals surface area contributed by atoms with E-state index < -0.39 is 0 Å². The molecule has 0 aliphatic carbocycles. The fraction of sp³-hybridized carbons (Fsp3) is 0.125. The molecular formula is C16H16N2O3. The monoisotopic (exact) mass is 284 g/mol. The highest BCUT2D eigenvalue weighted by Crippen LogP contribution is 2.22. The zero-order chi connectivity index (χ0) is 15.2. The van der Waals surface area contributed by atoms with Crippen LogP contribution in [0.3, 0.4) is 0 Å². The van der Waals surface area contributed by atoms with Gasteiger partial charge in [0.2, 0.25) is 5.91 Å². The van der Waals surface area contributed by atoms with Crippen LogP contribution < -0.4 is 5.43 Å². The van der Waals surface area contributed by atoms with Crippen molar-refractivity contribution in [2.75, 3.05) is 0 Å². The lowest BCUT2D eigenvalue weighted by Crippen LogP contribution is -2.21. The van der Waals surface area contributed by atoms with Gasteiger partial charge >= 0.3 is 0 Å². The lowest BCUT2D eigenvalue weighted by atomic mass is 10.1. The molecule has 2 rings (SSSR count). The van der Waals surface area contributed by atoms with E-state index in [9.17, 15) is 15.0 Å². The fourth-order valence-corrected chi connectivity index (χ4v) is 1.85. The number of nitrogens with one attached hydrogen (secondary N) is 1. The molecule has 0 spiro atoms. The van der Waals surface area contributed by atoms with Crippen molar-refractivity contribution in [3.8, 4) is 11.5 Å². The lowest BCUT2D eigenvalue weighted by molar-refractivity contribution is -0.120. The molecule has 0 aromatic heterocycles. The molecule has 3 N–H and O–H groups in total. The molecule has 0 saturated heterocycles. The Kier molecular flexibility index (Phi) is 4.56. The number of hydrogen-bond acceptors (Lipinski definition) is 4. The number of hydrogen-bond donors (Lipinski definition) is 3. The van der Waals surface area contributed by atoms with Gasteiger partial charge in [0.05, 0.1) is 12.1 Å². The van der Waals surface area contributed by atoms with Crippen LogP contribution in [0.15, 0.2) is 53.6 Å². The summed E-state index contributed by atoms with van der Waals surface area (Å²) in [6.45, 7) is 1.66. The minimum Gasteiger partial charge on any atom is -0.508 e. The van der Waals surface area contributed by atoms with E-state index in [1.165, 1.54) is 18.2 Å². The van der Waals surface area contributed by atoms with Gasteiger partial charge in [0, 0.05) is 11.6 Å². The van der Waals surface area contributed by atoms with E-state index in [2.05, 4.69) is 10.5 Å². The van der Waals surface area contributed by atoms with Gasteiger partial charge in [-0.3, -0.25) is 4.79 Å². The highest BCUT2D eigenvalue weighted by Gasteiger charge is 2.07. The Bertz CT molecular complexity index is 666. The molecule has 0 atom stereocenters. The van der Waals surface area contributed by atoms with E-state index >= 15 is 0 Å². The molecule has 0 aliphatic rings. The maximum Gasteiger partial charge on any atom is 0.244 e. The molecule has 0 saturated carbocycles. The minimum absolute atomic E-state index is 0.0304. The number of carbonyl (C=O) groups is 1. The standard InChI is InChI=1S/C16H16N2O3/c1-11(14-8-7-13(19)10-15(14)20)17-18-16(21)9-12-5-3-2-4-6-12/h2-8,10,19-20H,9H2,1H3,(H,18,21). The summed E-state index contributed by atoms with van der Waals surface area (Å²) < 4.78 is 0. The van der Waals surface area contributed by atoms with Crippen molar-refractivity contribution >= 4 is 11.6 Å². The van der Waals surface area contributed by atoms with Crippen LogP contribution in [0, 0.1) is 0 Å². The van der Waals surface area contributed by atoms with Gasteiger partial charge in [-0.2, -0.15) is 5.10 Å². The summed E-state index contributed by atoms with van der Waals surface area (Å²) in [7, 11) is 0. The molecule has 0 heterocycles. The van der Waals surface area contributed by atoms with Crippen LogP contribution in [-0.4, -0.2) is 21.8 Å². The summed E-state index contributed by atoms with van der Waals surface area (Å²) in [5, 5.41) is 22.9. The summed E-state index contributed by atoms with van der Waals surface area (Å²) in [5.41, 5.74) is 4.25. The molecule has 1 amide bonds. The Morgan fingerprint density at radius 2 is 1.86 bits per heavy atom. The molecule has 2 aromatic rings. The van der Waals surface area contributed by atoms with Crippen molar-refractivity contribution in [2.45, 2.75) is 13.3 Å². The van der Waals surface area contributed by atoms with Crippen LogP contribution in [0.1, 0.15) is 18.1 Å². The number of benzene rings is 2. The van der Waals surface area contributed by atoms with Crippen LogP contribution in [0.4, 0.5) is 0 Å². The first kappa shape index (κ1) is 14.6. The molecule has 2 aromatic carbocycles. The number of carbonyl (C=O) groups excluding carboxylic acids is 1. The molecule has 0 fully saturated rings. The second kappa shape index (κ2) is 6.56. The highest BCUT2D eigenvalue weighted by atomic mass is 16.3. The van der Waals surface area contributed by atoms with E-state index in [0.717, 1.165) is 5.56 Å². The van der Waals surface area contributed by atoms with Gasteiger partial charge < -0.3 is 10.2 Å². The Morgan fingerprint density at radius 3 is 2.52 bits per heavy atom. The average molecular weight is 284 g/mol. The summed E-state index contributed by atoms with van der Waals surface area (Å²) in [4.78, 5) is 11.8. The van der Waals surface area contributed by atoms with Gasteiger partial charge in [-0.05, 0) is 24.6 Å². The normalized spacial score (nSPS) is 11.2. The van der Waals surface area contributed by atoms with Crippen molar-refractivity contribution in [2.24, 2.45) is 5.10 Å². The first-order chi connectivity index (χ1) is 10.1. The highest BCUT2D eigenvalue weighted by molar-refractivity contribution is 6.01. The molecule has 5 heteroatoms. The average Bonchev–Trinajstić information content (AvgIpc) is 2.46. The van der Waals surface area contributed by atoms with Crippen molar-refractivity contribution in [3.63, 3.8) is 0 Å². The van der Waals surface area contributed by atoms with Crippen molar-refractivity contribution in [1.82, 2.24) is 5.43 Å². The van der Waals surface area contributed by atoms with Gasteiger partial charge in [-0.25, -0.2) is 5.43 Å². The maximum absolute atomic E-state index is 11.8. The molecule has 0 bridgehead atoms. The van der Waals surface area contributed by atoms with Crippen LogP contribution in [0.25, 0.3) is 0 Å². The maximum atomic E-state index is 11.8. The van der Waals surface area contributed by atoms with Crippen molar-refractivity contribution < 1.29 is 15.0 Å². The van der Waals surface area contributed by atoms with E-state index in [4.69, 9.17) is 0 Å². The zero-order valence-corrected chi connectivity index (χ0v) is 11.6. The van der Waals surface area contributed by atoms with Crippen molar-refractivity contribution in [3.05, 3.63) is 59.7 Å². The van der Waals surface area contributed by atoms with Crippen LogP contribution >= 0.6 is 0 Å². The SMILES string of the molecule is CC(=NNC(=O)Cc1ccccc1)c1ccc(O)cc1O. The smallest absolute Gasteiger partial charge is 0.244 e. The number of phenolic OH excluding ortho intramolecular Hbond substituents is 2. The number of phenols is 2. The van der Waals surface area contributed by atoms with E-state index in [0.29, 0.717) is 11.3 Å². The molecule has 0 aliphatic heterocycles. The molecule has 108 valence electrons. The number of rotatable bonds is 4. The van der Waals surface area contributed by atoms with Crippen LogP contribution in [-0.2, 0) is 11.2 Å². The molecular weight excluding hydrogens is 268 g/mol. The third-order valence-corrected chi connectivity index (χ3v) is 2.93. The second-order valence-electron chi connectivity index (χ2n) is 4.60. The van der Waals surface area contributed by atoms with Gasteiger partial charge in [-0.15, -0.1) is 0 Å². The Labute approximate surface area is 122 Å². The minimum atomic E-state index is -0.237. The van der Waals surface area contributed by atoms with Crippen LogP contribution in [0.5, 0.6) is 11.5 Å². The van der Waals surface area contributed by atoms with Crippen LogP contribution in [0.2, 0.25) is 0 Å². The Morgan fingerprint density at radius 1 is 1.14 bits per heavy atom. The summed E-state index contributed by atoms with van der Waals surface area (Å²) in [6.07, 6.45) is 0.235. The molecule has 5 nitrogen and oxygen atoms in total. The van der Waals surface area contributed by atoms with E-state index in [1.54, 1.807) is 6.92 Å². The summed E-state index contributed by atoms with van der Waals surface area (Å²) in [5.74, 6) is -0.357. The quantitative estimate of drug-likeness (QED) is 0.594. The van der Waals surface area contributed by atoms with Gasteiger partial charge in [0.25, 0.3) is 0 Å². The Balaban J connectivity index is 2.01. The third-order valence-electron chi connectivity index (χ3n) is 2.93. The third kappa shape index (κ3) is 4.07. The number of amides is 1. The van der Waals surface area contributed by atoms with Crippen molar-refractivity contribution in [1.29, 1.82) is 0 Å². The summed E-state index contributed by atoms with van der Waals surface area (Å²) in [6, 6.07) is 13.5. The first-order valence-corrected chi connectivity index (χ1v) is 6.45. The molecule has 0 radical (unpaired) electrons. The molecule has 0 unspecified atom stereocenters. The largest absolute Gasteiger partial charge is 0.508 e. The van der Waals surface area contributed by atoms with E-state index in [1.807, 2.05) is 30.3 Å². The topological polar surface area (TPSA) is 81.9 Å². The number of aromatic hydroxyl groups is 2. The predicted octanol–water partition coefficient (Wildman–Crippen LogP) is 2.18. The van der Waals surface area contributed by atoms with E-state index in [-0.39, 0.29) is 23.8 Å². The molecule has 21 heavy (non-hydrogen) atoms. The van der Waals surface area contributed by atoms with Gasteiger partial charge in [-0.1, -0.05) is 30.3 Å². The predicted molar refractivity (Wildman–Crippen MR) is 80.3 cm³/mol. The lowest BCUT2D eigenvalue weighted by Gasteiger charge is -2.05. The fourth-order valence-electron chi connectivity index (χ4n) is 1.85. The first-order valence-electron chi connectivity index (χ1n) is 6.45. The second-order valence-corrected chi connectivity index (χ2v) is 4.60. The zero-order valence-electron chi connectivity index (χ0n) is 11.6. The van der Waals surface area contributed by atoms with Gasteiger partial charge in [0.1, 0.15) is 11.5 Å². The summed E-state index contributed by atoms with van der Waals surface area (Å²) >= 11 is 0. The number of hydrazone groups is 1.